The van der Waals surface area contributed by atoms with Crippen LogP contribution < -0.4 is 9.47 Å². The maximum Gasteiger partial charge on any atom is 0.186 e. The molecule has 0 aromatic heterocycles. The number of methoxy groups -OCH3 is 2. The SMILES string of the molecule is COc1ccc(OC)c(C(=O)C2(N(C)C)CCCC2)c1. The molecule has 0 radical (unpaired) electrons. The summed E-state index contributed by atoms with van der Waals surface area (Å²) < 4.78 is 10.6. The number of carbonyl (C=O) groups excluding carboxylic acids is 1. The van der Waals surface area contributed by atoms with Gasteiger partial charge in [0.15, 0.2) is 5.78 Å². The first-order valence-electron chi connectivity index (χ1n) is 6.99. The van der Waals surface area contributed by atoms with Crippen LogP contribution in [-0.4, -0.2) is 44.5 Å². The van der Waals surface area contributed by atoms with E-state index in [-0.39, 0.29) is 5.78 Å². The Morgan fingerprint density at radius 3 is 2.30 bits per heavy atom. The van der Waals surface area contributed by atoms with E-state index in [9.17, 15) is 4.79 Å². The van der Waals surface area contributed by atoms with Crippen LogP contribution in [0.5, 0.6) is 11.5 Å². The Bertz CT molecular complexity index is 490. The van der Waals surface area contributed by atoms with Crippen LogP contribution in [0.3, 0.4) is 0 Å². The molecule has 0 heterocycles. The minimum Gasteiger partial charge on any atom is -0.497 e. The van der Waals surface area contributed by atoms with Gasteiger partial charge < -0.3 is 9.47 Å². The highest BCUT2D eigenvalue weighted by atomic mass is 16.5. The van der Waals surface area contributed by atoms with Crippen molar-refractivity contribution in [3.05, 3.63) is 23.8 Å². The van der Waals surface area contributed by atoms with Crippen LogP contribution in [0.2, 0.25) is 0 Å². The fraction of sp³-hybridized carbons (Fsp3) is 0.562. The number of carbonyl (C=O) groups is 1. The van der Waals surface area contributed by atoms with Crippen molar-refractivity contribution in [2.45, 2.75) is 31.2 Å². The van der Waals surface area contributed by atoms with Crippen molar-refractivity contribution in [1.29, 1.82) is 0 Å². The standard InChI is InChI=1S/C16H23NO3/c1-17(2)16(9-5-6-10-16)15(18)13-11-12(19-3)7-8-14(13)20-4/h7-8,11H,5-6,9-10H2,1-4H3. The zero-order valence-electron chi connectivity index (χ0n) is 12.7. The van der Waals surface area contributed by atoms with Crippen molar-refractivity contribution in [2.24, 2.45) is 0 Å². The van der Waals surface area contributed by atoms with Gasteiger partial charge in [0, 0.05) is 0 Å². The smallest absolute Gasteiger partial charge is 0.186 e. The van der Waals surface area contributed by atoms with E-state index in [1.807, 2.05) is 20.2 Å². The van der Waals surface area contributed by atoms with Gasteiger partial charge in [0.2, 0.25) is 0 Å². The van der Waals surface area contributed by atoms with Crippen molar-refractivity contribution in [1.82, 2.24) is 4.90 Å². The quantitative estimate of drug-likeness (QED) is 0.776. The summed E-state index contributed by atoms with van der Waals surface area (Å²) in [5.41, 5.74) is 0.210. The van der Waals surface area contributed by atoms with Crippen LogP contribution in [0.15, 0.2) is 18.2 Å². The number of benzene rings is 1. The van der Waals surface area contributed by atoms with E-state index in [4.69, 9.17) is 9.47 Å². The average Bonchev–Trinajstić information content (AvgIpc) is 2.96. The second-order valence-electron chi connectivity index (χ2n) is 5.53. The second kappa shape index (κ2) is 5.83. The monoisotopic (exact) mass is 277 g/mol. The summed E-state index contributed by atoms with van der Waals surface area (Å²) >= 11 is 0. The molecule has 4 nitrogen and oxygen atoms in total. The van der Waals surface area contributed by atoms with Crippen LogP contribution in [0.25, 0.3) is 0 Å². The maximum atomic E-state index is 13.1. The lowest BCUT2D eigenvalue weighted by Crippen LogP contribution is -2.49. The minimum absolute atomic E-state index is 0.135. The summed E-state index contributed by atoms with van der Waals surface area (Å²) in [6.07, 6.45) is 3.99. The highest BCUT2D eigenvalue weighted by Crippen LogP contribution is 2.39. The van der Waals surface area contributed by atoms with Crippen molar-refractivity contribution >= 4 is 5.78 Å². The van der Waals surface area contributed by atoms with E-state index in [0.717, 1.165) is 25.7 Å². The van der Waals surface area contributed by atoms with E-state index in [0.29, 0.717) is 17.1 Å². The molecule has 4 heteroatoms. The zero-order valence-corrected chi connectivity index (χ0v) is 12.7. The molecule has 1 aromatic carbocycles. The Morgan fingerprint density at radius 2 is 1.80 bits per heavy atom. The first kappa shape index (κ1) is 14.9. The normalized spacial score (nSPS) is 17.2. The van der Waals surface area contributed by atoms with Gasteiger partial charge in [-0.15, -0.1) is 0 Å². The molecule has 1 aliphatic rings. The number of hydrogen-bond acceptors (Lipinski definition) is 4. The molecule has 1 saturated carbocycles. The molecule has 1 aliphatic carbocycles. The van der Waals surface area contributed by atoms with Crippen LogP contribution in [0.1, 0.15) is 36.0 Å². The molecule has 20 heavy (non-hydrogen) atoms. The van der Waals surface area contributed by atoms with E-state index in [2.05, 4.69) is 4.90 Å². The third-order valence-electron chi connectivity index (χ3n) is 4.36. The van der Waals surface area contributed by atoms with Gasteiger partial charge in [-0.3, -0.25) is 9.69 Å². The maximum absolute atomic E-state index is 13.1. The lowest BCUT2D eigenvalue weighted by Gasteiger charge is -2.35. The third-order valence-corrected chi connectivity index (χ3v) is 4.36. The Hall–Kier alpha value is -1.55. The molecule has 110 valence electrons. The Morgan fingerprint density at radius 1 is 1.15 bits per heavy atom. The predicted octanol–water partition coefficient (Wildman–Crippen LogP) is 2.76. The lowest BCUT2D eigenvalue weighted by atomic mass is 9.86. The molecule has 0 bridgehead atoms. The van der Waals surface area contributed by atoms with Gasteiger partial charge in [-0.25, -0.2) is 0 Å². The zero-order chi connectivity index (χ0) is 14.8. The number of ether oxygens (including phenoxy) is 2. The van der Waals surface area contributed by atoms with Crippen molar-refractivity contribution in [3.8, 4) is 11.5 Å². The Labute approximate surface area is 120 Å². The molecule has 0 N–H and O–H groups in total. The number of hydrogen-bond donors (Lipinski definition) is 0. The molecule has 0 spiro atoms. The topological polar surface area (TPSA) is 38.8 Å². The van der Waals surface area contributed by atoms with E-state index in [1.54, 1.807) is 26.4 Å². The van der Waals surface area contributed by atoms with E-state index >= 15 is 0 Å². The first-order chi connectivity index (χ1) is 9.55. The number of likely N-dealkylation sites (N-methyl/N-ethyl adjacent to an activating group) is 1. The number of Topliss-reactive ketones (excluding diaryl/α,β-unsaturated/α-hetero) is 1. The van der Waals surface area contributed by atoms with E-state index in [1.165, 1.54) is 0 Å². The molecular weight excluding hydrogens is 254 g/mol. The van der Waals surface area contributed by atoms with Crippen molar-refractivity contribution in [2.75, 3.05) is 28.3 Å². The fourth-order valence-electron chi connectivity index (χ4n) is 3.08. The highest BCUT2D eigenvalue weighted by Gasteiger charge is 2.44. The van der Waals surface area contributed by atoms with Crippen LogP contribution >= 0.6 is 0 Å². The van der Waals surface area contributed by atoms with Gasteiger partial charge in [-0.2, -0.15) is 0 Å². The van der Waals surface area contributed by atoms with Gasteiger partial charge in [-0.05, 0) is 45.1 Å². The minimum atomic E-state index is -0.403. The summed E-state index contributed by atoms with van der Waals surface area (Å²) in [5, 5.41) is 0. The fourth-order valence-corrected chi connectivity index (χ4v) is 3.08. The molecule has 1 fully saturated rings. The molecule has 0 unspecified atom stereocenters. The predicted molar refractivity (Wildman–Crippen MR) is 78.8 cm³/mol. The number of rotatable bonds is 5. The largest absolute Gasteiger partial charge is 0.497 e. The average molecular weight is 277 g/mol. The summed E-state index contributed by atoms with van der Waals surface area (Å²) in [6.45, 7) is 0. The Kier molecular flexibility index (Phi) is 4.33. The number of ketones is 1. The molecule has 1 aromatic rings. The number of nitrogens with zero attached hydrogens (tertiary/aromatic N) is 1. The lowest BCUT2D eigenvalue weighted by molar-refractivity contribution is 0.0689. The Balaban J connectivity index is 2.46. The second-order valence-corrected chi connectivity index (χ2v) is 5.53. The van der Waals surface area contributed by atoms with Crippen LogP contribution in [0, 0.1) is 0 Å². The third kappa shape index (κ3) is 2.40. The molecule has 2 rings (SSSR count). The summed E-state index contributed by atoms with van der Waals surface area (Å²) in [6, 6.07) is 5.39. The van der Waals surface area contributed by atoms with Gasteiger partial charge >= 0.3 is 0 Å². The molecule has 0 amide bonds. The van der Waals surface area contributed by atoms with Gasteiger partial charge in [0.05, 0.1) is 25.3 Å². The van der Waals surface area contributed by atoms with E-state index < -0.39 is 5.54 Å². The molecular formula is C16H23NO3. The van der Waals surface area contributed by atoms with Crippen molar-refractivity contribution in [3.63, 3.8) is 0 Å². The van der Waals surface area contributed by atoms with Crippen molar-refractivity contribution < 1.29 is 14.3 Å². The summed E-state index contributed by atoms with van der Waals surface area (Å²) in [7, 11) is 7.16. The van der Waals surface area contributed by atoms with Gasteiger partial charge in [0.1, 0.15) is 11.5 Å². The summed E-state index contributed by atoms with van der Waals surface area (Å²) in [4.78, 5) is 15.1. The van der Waals surface area contributed by atoms with Crippen LogP contribution in [-0.2, 0) is 0 Å². The molecule has 0 atom stereocenters. The molecule has 0 aliphatic heterocycles. The van der Waals surface area contributed by atoms with Gasteiger partial charge in [-0.1, -0.05) is 12.8 Å². The van der Waals surface area contributed by atoms with Gasteiger partial charge in [0.25, 0.3) is 0 Å². The van der Waals surface area contributed by atoms with Crippen LogP contribution in [0.4, 0.5) is 0 Å². The summed E-state index contributed by atoms with van der Waals surface area (Å²) in [5.74, 6) is 1.43. The first-order valence-corrected chi connectivity index (χ1v) is 6.99. The highest BCUT2D eigenvalue weighted by molar-refractivity contribution is 6.05. The molecule has 0 saturated heterocycles.